The third-order valence-electron chi connectivity index (χ3n) is 2.02. The van der Waals surface area contributed by atoms with Crippen molar-refractivity contribution in [3.8, 4) is 0 Å². The van der Waals surface area contributed by atoms with Gasteiger partial charge in [-0.15, -0.1) is 0 Å². The number of anilines is 2. The molecule has 0 aromatic carbocycles. The molecule has 1 rings (SSSR count). The minimum Gasteiger partial charge on any atom is -0.397 e. The standard InChI is InChI=1S/C10H17N3O/c1-12-10-8(4-3-5-14-2)6-9(11)7-13-10/h6-7H,3-5,11H2,1-2H3,(H,12,13). The van der Waals surface area contributed by atoms with Crippen LogP contribution in [0.5, 0.6) is 0 Å². The lowest BCUT2D eigenvalue weighted by atomic mass is 10.1. The number of hydrogen-bond acceptors (Lipinski definition) is 4. The number of hydrogen-bond donors (Lipinski definition) is 2. The Bertz CT molecular complexity index is 289. The maximum atomic E-state index is 5.66. The third-order valence-corrected chi connectivity index (χ3v) is 2.02. The fraction of sp³-hybridized carbons (Fsp3) is 0.500. The van der Waals surface area contributed by atoms with Crippen molar-refractivity contribution in [1.82, 2.24) is 4.98 Å². The van der Waals surface area contributed by atoms with E-state index in [2.05, 4.69) is 10.3 Å². The Morgan fingerprint density at radius 3 is 3.00 bits per heavy atom. The summed E-state index contributed by atoms with van der Waals surface area (Å²) in [5, 5.41) is 3.04. The number of nitrogens with zero attached hydrogens (tertiary/aromatic N) is 1. The molecule has 0 saturated carbocycles. The van der Waals surface area contributed by atoms with Crippen LogP contribution in [0.15, 0.2) is 12.3 Å². The summed E-state index contributed by atoms with van der Waals surface area (Å²) in [5.74, 6) is 0.898. The van der Waals surface area contributed by atoms with E-state index in [1.54, 1.807) is 13.3 Å². The Balaban J connectivity index is 2.67. The number of rotatable bonds is 5. The number of aryl methyl sites for hydroxylation is 1. The molecular weight excluding hydrogens is 178 g/mol. The molecule has 14 heavy (non-hydrogen) atoms. The first-order valence-electron chi connectivity index (χ1n) is 4.69. The van der Waals surface area contributed by atoms with Crippen molar-refractivity contribution in [2.75, 3.05) is 31.8 Å². The number of pyridine rings is 1. The van der Waals surface area contributed by atoms with E-state index in [1.165, 1.54) is 0 Å². The van der Waals surface area contributed by atoms with E-state index < -0.39 is 0 Å². The second-order valence-electron chi connectivity index (χ2n) is 3.12. The number of nitrogens with two attached hydrogens (primary N) is 1. The normalized spacial score (nSPS) is 10.1. The second kappa shape index (κ2) is 5.44. The number of aromatic nitrogens is 1. The number of nitrogens with one attached hydrogen (secondary N) is 1. The average molecular weight is 195 g/mol. The maximum absolute atomic E-state index is 5.66. The van der Waals surface area contributed by atoms with Crippen molar-refractivity contribution >= 4 is 11.5 Å². The first-order chi connectivity index (χ1) is 6.77. The van der Waals surface area contributed by atoms with E-state index in [-0.39, 0.29) is 0 Å². The molecular formula is C10H17N3O. The summed E-state index contributed by atoms with van der Waals surface area (Å²) in [5.41, 5.74) is 7.51. The minimum atomic E-state index is 0.705. The van der Waals surface area contributed by atoms with Crippen molar-refractivity contribution in [2.24, 2.45) is 0 Å². The fourth-order valence-corrected chi connectivity index (χ4v) is 1.35. The zero-order valence-corrected chi connectivity index (χ0v) is 8.71. The van der Waals surface area contributed by atoms with Crippen LogP contribution in [0, 0.1) is 0 Å². The van der Waals surface area contributed by atoms with Crippen LogP contribution in [0.3, 0.4) is 0 Å². The molecule has 4 heteroatoms. The summed E-state index contributed by atoms with van der Waals surface area (Å²) in [7, 11) is 3.56. The smallest absolute Gasteiger partial charge is 0.129 e. The predicted octanol–water partition coefficient (Wildman–Crippen LogP) is 1.28. The molecule has 0 spiro atoms. The van der Waals surface area contributed by atoms with Crippen LogP contribution in [0.2, 0.25) is 0 Å². The lowest BCUT2D eigenvalue weighted by molar-refractivity contribution is 0.195. The molecule has 3 N–H and O–H groups in total. The van der Waals surface area contributed by atoms with Gasteiger partial charge in [0.15, 0.2) is 0 Å². The van der Waals surface area contributed by atoms with Crippen LogP contribution in [-0.2, 0) is 11.2 Å². The van der Waals surface area contributed by atoms with Gasteiger partial charge in [-0.3, -0.25) is 0 Å². The first kappa shape index (κ1) is 10.8. The summed E-state index contributed by atoms with van der Waals surface area (Å²) in [4.78, 5) is 4.20. The van der Waals surface area contributed by atoms with Crippen LogP contribution in [0.1, 0.15) is 12.0 Å². The van der Waals surface area contributed by atoms with Gasteiger partial charge < -0.3 is 15.8 Å². The monoisotopic (exact) mass is 195 g/mol. The molecule has 0 aliphatic heterocycles. The van der Waals surface area contributed by atoms with Crippen molar-refractivity contribution in [3.63, 3.8) is 0 Å². The summed E-state index contributed by atoms with van der Waals surface area (Å²) < 4.78 is 5.00. The van der Waals surface area contributed by atoms with E-state index >= 15 is 0 Å². The molecule has 78 valence electrons. The lowest BCUT2D eigenvalue weighted by Gasteiger charge is -2.08. The molecule has 0 aliphatic carbocycles. The Morgan fingerprint density at radius 2 is 2.36 bits per heavy atom. The topological polar surface area (TPSA) is 60.2 Å². The molecule has 0 unspecified atom stereocenters. The van der Waals surface area contributed by atoms with Crippen molar-refractivity contribution < 1.29 is 4.74 Å². The van der Waals surface area contributed by atoms with Gasteiger partial charge in [0.25, 0.3) is 0 Å². The van der Waals surface area contributed by atoms with Gasteiger partial charge >= 0.3 is 0 Å². The maximum Gasteiger partial charge on any atom is 0.129 e. The lowest BCUT2D eigenvalue weighted by Crippen LogP contribution is -2.02. The molecule has 0 saturated heterocycles. The summed E-state index contributed by atoms with van der Waals surface area (Å²) in [6.45, 7) is 0.762. The number of nitrogen functional groups attached to an aromatic ring is 1. The van der Waals surface area contributed by atoms with Gasteiger partial charge in [-0.2, -0.15) is 0 Å². The molecule has 0 fully saturated rings. The molecule has 0 amide bonds. The van der Waals surface area contributed by atoms with E-state index in [0.717, 1.165) is 30.8 Å². The quantitative estimate of drug-likeness (QED) is 0.695. The molecule has 1 aromatic heterocycles. The minimum absolute atomic E-state index is 0.705. The van der Waals surface area contributed by atoms with Crippen LogP contribution in [-0.4, -0.2) is 25.7 Å². The van der Waals surface area contributed by atoms with E-state index in [9.17, 15) is 0 Å². The highest BCUT2D eigenvalue weighted by atomic mass is 16.5. The van der Waals surface area contributed by atoms with Crippen molar-refractivity contribution in [1.29, 1.82) is 0 Å². The predicted molar refractivity (Wildman–Crippen MR) is 58.4 cm³/mol. The largest absolute Gasteiger partial charge is 0.397 e. The van der Waals surface area contributed by atoms with E-state index in [1.807, 2.05) is 13.1 Å². The average Bonchev–Trinajstić information content (AvgIpc) is 2.19. The zero-order chi connectivity index (χ0) is 10.4. The van der Waals surface area contributed by atoms with Crippen LogP contribution in [0.4, 0.5) is 11.5 Å². The van der Waals surface area contributed by atoms with Gasteiger partial charge in [0.05, 0.1) is 11.9 Å². The second-order valence-corrected chi connectivity index (χ2v) is 3.12. The summed E-state index contributed by atoms with van der Waals surface area (Å²) in [6.07, 6.45) is 3.57. The van der Waals surface area contributed by atoms with Crippen molar-refractivity contribution in [2.45, 2.75) is 12.8 Å². The molecule has 0 bridgehead atoms. The van der Waals surface area contributed by atoms with Gasteiger partial charge in [0, 0.05) is 20.8 Å². The molecule has 0 aliphatic rings. The van der Waals surface area contributed by atoms with Crippen LogP contribution in [0.25, 0.3) is 0 Å². The summed E-state index contributed by atoms with van der Waals surface area (Å²) >= 11 is 0. The van der Waals surface area contributed by atoms with Gasteiger partial charge in [-0.1, -0.05) is 0 Å². The third kappa shape index (κ3) is 2.88. The molecule has 0 radical (unpaired) electrons. The zero-order valence-electron chi connectivity index (χ0n) is 8.71. The summed E-state index contributed by atoms with van der Waals surface area (Å²) in [6, 6.07) is 1.95. The van der Waals surface area contributed by atoms with E-state index in [0.29, 0.717) is 5.69 Å². The molecule has 4 nitrogen and oxygen atoms in total. The highest BCUT2D eigenvalue weighted by Gasteiger charge is 2.02. The van der Waals surface area contributed by atoms with Gasteiger partial charge in [-0.25, -0.2) is 4.98 Å². The Labute approximate surface area is 84.5 Å². The number of methoxy groups -OCH3 is 1. The Hall–Kier alpha value is -1.29. The van der Waals surface area contributed by atoms with Crippen LogP contribution >= 0.6 is 0 Å². The highest BCUT2D eigenvalue weighted by Crippen LogP contribution is 2.16. The van der Waals surface area contributed by atoms with Gasteiger partial charge in [0.1, 0.15) is 5.82 Å². The Morgan fingerprint density at radius 1 is 1.57 bits per heavy atom. The molecule has 1 heterocycles. The van der Waals surface area contributed by atoms with Gasteiger partial charge in [0.2, 0.25) is 0 Å². The highest BCUT2D eigenvalue weighted by molar-refractivity contribution is 5.51. The molecule has 1 aromatic rings. The SMILES string of the molecule is CNc1ncc(N)cc1CCCOC. The van der Waals surface area contributed by atoms with E-state index in [4.69, 9.17) is 10.5 Å². The number of ether oxygens (including phenoxy) is 1. The fourth-order valence-electron chi connectivity index (χ4n) is 1.35. The Kier molecular flexibility index (Phi) is 4.19. The first-order valence-corrected chi connectivity index (χ1v) is 4.69. The van der Waals surface area contributed by atoms with Crippen LogP contribution < -0.4 is 11.1 Å². The van der Waals surface area contributed by atoms with Crippen molar-refractivity contribution in [3.05, 3.63) is 17.8 Å². The van der Waals surface area contributed by atoms with Gasteiger partial charge in [-0.05, 0) is 24.5 Å². The molecule has 0 atom stereocenters.